The number of halogens is 2. The maximum atomic E-state index is 14.7. The molecule has 15 heteroatoms. The predicted molar refractivity (Wildman–Crippen MR) is 157 cm³/mol. The number of pyridine rings is 1. The summed E-state index contributed by atoms with van der Waals surface area (Å²) >= 11 is 1.20. The highest BCUT2D eigenvalue weighted by atomic mass is 32.1. The molecule has 4 aromatic heterocycles. The molecule has 12 nitrogen and oxygen atoms in total. The summed E-state index contributed by atoms with van der Waals surface area (Å²) in [6, 6.07) is 2.00. The molecule has 2 fully saturated rings. The van der Waals surface area contributed by atoms with E-state index in [9.17, 15) is 18.4 Å². The monoisotopic (exact) mass is 626 g/mol. The maximum Gasteiger partial charge on any atom is 0.434 e. The van der Waals surface area contributed by atoms with Crippen LogP contribution in [0.5, 0.6) is 0 Å². The second kappa shape index (κ2) is 13.7. The number of amides is 1. The number of hydrogen-bond acceptors (Lipinski definition) is 10. The van der Waals surface area contributed by atoms with Crippen LogP contribution in [0.1, 0.15) is 55.1 Å². The number of nitrogens with one attached hydrogen (secondary N) is 1. The van der Waals surface area contributed by atoms with E-state index < -0.39 is 23.8 Å². The predicted octanol–water partition coefficient (Wildman–Crippen LogP) is 5.01. The summed E-state index contributed by atoms with van der Waals surface area (Å²) in [6.07, 6.45) is 9.72. The van der Waals surface area contributed by atoms with Gasteiger partial charge in [-0.15, -0.1) is 11.3 Å². The van der Waals surface area contributed by atoms with Crippen LogP contribution < -0.4 is 5.32 Å². The van der Waals surface area contributed by atoms with Crippen LogP contribution in [0, 0.1) is 11.8 Å². The Morgan fingerprint density at radius 2 is 1.89 bits per heavy atom. The van der Waals surface area contributed by atoms with E-state index in [1.807, 2.05) is 0 Å². The summed E-state index contributed by atoms with van der Waals surface area (Å²) in [6.45, 7) is 4.27. The molecule has 1 saturated carbocycles. The number of thiazole rings is 1. The molecule has 0 radical (unpaired) electrons. The van der Waals surface area contributed by atoms with E-state index in [0.717, 1.165) is 68.6 Å². The molecular weight excluding hydrogens is 594 g/mol. The van der Waals surface area contributed by atoms with Gasteiger partial charge >= 0.3 is 6.09 Å². The molecule has 232 valence electrons. The molecule has 6 rings (SSSR count). The van der Waals surface area contributed by atoms with Gasteiger partial charge in [0.1, 0.15) is 22.1 Å². The van der Waals surface area contributed by atoms with Gasteiger partial charge < -0.3 is 14.8 Å². The van der Waals surface area contributed by atoms with Crippen LogP contribution in [0.3, 0.4) is 0 Å². The topological polar surface area (TPSA) is 129 Å². The van der Waals surface area contributed by atoms with Crippen LogP contribution in [0.4, 0.5) is 19.3 Å². The van der Waals surface area contributed by atoms with Gasteiger partial charge in [-0.3, -0.25) is 14.4 Å². The molecule has 1 N–H and O–H groups in total. The van der Waals surface area contributed by atoms with Crippen molar-refractivity contribution in [1.82, 2.24) is 34.4 Å². The number of anilines is 1. The van der Waals surface area contributed by atoms with Crippen LogP contribution in [0.25, 0.3) is 22.0 Å². The Kier molecular flexibility index (Phi) is 9.33. The van der Waals surface area contributed by atoms with Gasteiger partial charge in [-0.25, -0.2) is 19.2 Å². The Morgan fingerprint density at radius 3 is 2.70 bits per heavy atom. The van der Waals surface area contributed by atoms with E-state index >= 15 is 0 Å². The van der Waals surface area contributed by atoms with Gasteiger partial charge in [0.15, 0.2) is 5.82 Å². The highest BCUT2D eigenvalue weighted by molar-refractivity contribution is 7.13. The smallest absolute Gasteiger partial charge is 0.434 e. The SMILES string of the molecule is O=C(Nc1cn(C2CCCCC2)nc1-c1nc(F)ccc1F)c1csc(-c2cnn(C(=O)OCCCN3CCOCC3)c2)n1. The molecule has 1 aliphatic heterocycles. The average molecular weight is 627 g/mol. The van der Waals surface area contributed by atoms with Gasteiger partial charge in [0.25, 0.3) is 5.91 Å². The van der Waals surface area contributed by atoms with Gasteiger partial charge in [0.2, 0.25) is 5.95 Å². The zero-order valence-electron chi connectivity index (χ0n) is 24.0. The van der Waals surface area contributed by atoms with Crippen molar-refractivity contribution in [1.29, 1.82) is 0 Å². The van der Waals surface area contributed by atoms with E-state index in [0.29, 0.717) is 30.2 Å². The molecule has 4 aromatic rings. The molecule has 0 atom stereocenters. The normalized spacial score (nSPS) is 16.2. The second-order valence-corrected chi connectivity index (χ2v) is 11.6. The number of hydrogen-bond donors (Lipinski definition) is 1. The first kappa shape index (κ1) is 30.0. The van der Waals surface area contributed by atoms with Gasteiger partial charge in [-0.1, -0.05) is 19.3 Å². The van der Waals surface area contributed by atoms with Crippen LogP contribution >= 0.6 is 11.3 Å². The molecule has 1 amide bonds. The largest absolute Gasteiger partial charge is 0.448 e. The summed E-state index contributed by atoms with van der Waals surface area (Å²) in [5.41, 5.74) is 0.607. The molecular formula is C29H32F2N8O4S. The number of aromatic nitrogens is 6. The third kappa shape index (κ3) is 7.00. The van der Waals surface area contributed by atoms with Crippen LogP contribution in [0.2, 0.25) is 0 Å². The van der Waals surface area contributed by atoms with E-state index in [4.69, 9.17) is 9.47 Å². The number of morpholine rings is 1. The highest BCUT2D eigenvalue weighted by Crippen LogP contribution is 2.34. The lowest BCUT2D eigenvalue weighted by molar-refractivity contribution is 0.0344. The zero-order chi connectivity index (χ0) is 30.5. The molecule has 44 heavy (non-hydrogen) atoms. The fourth-order valence-electron chi connectivity index (χ4n) is 5.34. The molecule has 2 aliphatic rings. The summed E-state index contributed by atoms with van der Waals surface area (Å²) in [4.78, 5) is 36.1. The van der Waals surface area contributed by atoms with Gasteiger partial charge in [0, 0.05) is 43.0 Å². The first-order chi connectivity index (χ1) is 21.4. The quantitative estimate of drug-likeness (QED) is 0.201. The van der Waals surface area contributed by atoms with Crippen molar-refractivity contribution >= 4 is 29.0 Å². The highest BCUT2D eigenvalue weighted by Gasteiger charge is 2.24. The number of ether oxygens (including phenoxy) is 2. The first-order valence-electron chi connectivity index (χ1n) is 14.7. The van der Waals surface area contributed by atoms with Gasteiger partial charge in [0.05, 0.1) is 37.7 Å². The van der Waals surface area contributed by atoms with E-state index in [1.54, 1.807) is 16.3 Å². The summed E-state index contributed by atoms with van der Waals surface area (Å²) in [7, 11) is 0. The minimum Gasteiger partial charge on any atom is -0.448 e. The van der Waals surface area contributed by atoms with Crippen molar-refractivity contribution in [2.45, 2.75) is 44.6 Å². The zero-order valence-corrected chi connectivity index (χ0v) is 24.8. The Labute approximate surface area is 256 Å². The Morgan fingerprint density at radius 1 is 1.07 bits per heavy atom. The number of carbonyl (C=O) groups excluding carboxylic acids is 2. The molecule has 0 spiro atoms. The molecule has 0 bridgehead atoms. The molecule has 0 aromatic carbocycles. The fraction of sp³-hybridized carbons (Fsp3) is 0.448. The lowest BCUT2D eigenvalue weighted by atomic mass is 9.96. The van der Waals surface area contributed by atoms with Crippen molar-refractivity contribution in [3.63, 3.8) is 0 Å². The van der Waals surface area contributed by atoms with E-state index in [1.165, 1.54) is 23.7 Å². The minimum atomic E-state index is -0.854. The van der Waals surface area contributed by atoms with Crippen molar-refractivity contribution in [2.24, 2.45) is 0 Å². The fourth-order valence-corrected chi connectivity index (χ4v) is 6.12. The third-order valence-corrected chi connectivity index (χ3v) is 8.56. The summed E-state index contributed by atoms with van der Waals surface area (Å²) in [5, 5.41) is 13.4. The summed E-state index contributed by atoms with van der Waals surface area (Å²) in [5.74, 6) is -2.16. The van der Waals surface area contributed by atoms with E-state index in [2.05, 4.69) is 30.4 Å². The van der Waals surface area contributed by atoms with Crippen LogP contribution in [-0.4, -0.2) is 85.9 Å². The summed E-state index contributed by atoms with van der Waals surface area (Å²) < 4.78 is 42.2. The standard InChI is InChI=1S/C29H32F2N8O4S/c30-21-7-8-24(31)35-25(21)26-22(17-38(36-26)20-5-2-1-3-6-20)33-27(40)23-18-44-28(34-23)19-15-32-39(16-19)29(41)43-12-4-9-37-10-13-42-14-11-37/h7-8,15-18,20H,1-6,9-14H2,(H,33,40). The molecule has 1 aliphatic carbocycles. The molecule has 5 heterocycles. The van der Waals surface area contributed by atoms with Crippen LogP contribution in [0.15, 0.2) is 36.1 Å². The maximum absolute atomic E-state index is 14.7. The molecule has 1 saturated heterocycles. The van der Waals surface area contributed by atoms with Gasteiger partial charge in [-0.05, 0) is 31.4 Å². The molecule has 0 unspecified atom stereocenters. The number of carbonyl (C=O) groups is 2. The lowest BCUT2D eigenvalue weighted by Crippen LogP contribution is -2.37. The number of nitrogens with zero attached hydrogens (tertiary/aromatic N) is 7. The lowest BCUT2D eigenvalue weighted by Gasteiger charge is -2.26. The van der Waals surface area contributed by atoms with E-state index in [-0.39, 0.29) is 35.4 Å². The van der Waals surface area contributed by atoms with Crippen molar-refractivity contribution in [3.8, 4) is 22.0 Å². The number of rotatable bonds is 9. The van der Waals surface area contributed by atoms with Crippen LogP contribution in [-0.2, 0) is 9.47 Å². The van der Waals surface area contributed by atoms with Crippen molar-refractivity contribution in [3.05, 3.63) is 53.6 Å². The Bertz CT molecular complexity index is 1610. The first-order valence-corrected chi connectivity index (χ1v) is 15.5. The second-order valence-electron chi connectivity index (χ2n) is 10.7. The third-order valence-electron chi connectivity index (χ3n) is 7.67. The Balaban J connectivity index is 1.12. The van der Waals surface area contributed by atoms with Gasteiger partial charge in [-0.2, -0.15) is 19.3 Å². The van der Waals surface area contributed by atoms with Crippen molar-refractivity contribution < 1.29 is 27.8 Å². The average Bonchev–Trinajstić information content (AvgIpc) is 3.82. The Hall–Kier alpha value is -4.08. The van der Waals surface area contributed by atoms with Crippen molar-refractivity contribution in [2.75, 3.05) is 44.8 Å². The minimum absolute atomic E-state index is 0.0427.